The molecule has 2 N–H and O–H groups in total. The fraction of sp³-hybridized carbons (Fsp3) is 0.467. The number of benzene rings is 1. The van der Waals surface area contributed by atoms with Gasteiger partial charge in [0, 0.05) is 11.6 Å². The summed E-state index contributed by atoms with van der Waals surface area (Å²) in [6.07, 6.45) is 0.0271. The van der Waals surface area contributed by atoms with Crippen molar-refractivity contribution in [1.29, 1.82) is 0 Å². The van der Waals surface area contributed by atoms with Gasteiger partial charge in [0.05, 0.1) is 12.0 Å². The Labute approximate surface area is 118 Å². The summed E-state index contributed by atoms with van der Waals surface area (Å²) in [4.78, 5) is 22.9. The Morgan fingerprint density at radius 3 is 2.40 bits per heavy atom. The number of carbonyl (C=O) groups is 2. The molecular weight excluding hydrogens is 258 g/mol. The van der Waals surface area contributed by atoms with Crippen LogP contribution in [0, 0.1) is 5.92 Å². The maximum absolute atomic E-state index is 12.1. The summed E-state index contributed by atoms with van der Waals surface area (Å²) in [5, 5.41) is 11.6. The number of carbonyl (C=O) groups excluding carboxylic acids is 1. The van der Waals surface area contributed by atoms with Crippen LogP contribution in [0.1, 0.15) is 38.1 Å². The van der Waals surface area contributed by atoms with Crippen molar-refractivity contribution in [3.63, 3.8) is 0 Å². The van der Waals surface area contributed by atoms with Gasteiger partial charge in [-0.3, -0.25) is 9.59 Å². The summed E-state index contributed by atoms with van der Waals surface area (Å²) in [5.41, 5.74) is 0.451. The van der Waals surface area contributed by atoms with Crippen LogP contribution in [-0.2, 0) is 4.79 Å². The molecule has 5 heteroatoms. The molecular formula is C15H21NO4. The molecule has 0 aliphatic heterocycles. The van der Waals surface area contributed by atoms with Crippen molar-refractivity contribution in [2.45, 2.75) is 39.8 Å². The first-order valence-corrected chi connectivity index (χ1v) is 6.61. The van der Waals surface area contributed by atoms with Gasteiger partial charge in [-0.2, -0.15) is 0 Å². The number of hydrogen-bond acceptors (Lipinski definition) is 3. The summed E-state index contributed by atoms with van der Waals surface area (Å²) < 4.78 is 5.52. The fourth-order valence-electron chi connectivity index (χ4n) is 1.61. The van der Waals surface area contributed by atoms with Crippen molar-refractivity contribution in [3.8, 4) is 5.75 Å². The zero-order valence-electron chi connectivity index (χ0n) is 12.2. The summed E-state index contributed by atoms with van der Waals surface area (Å²) >= 11 is 0. The van der Waals surface area contributed by atoms with Crippen LogP contribution >= 0.6 is 0 Å². The number of carboxylic acid groups (broad SMARTS) is 1. The lowest BCUT2D eigenvalue weighted by atomic mass is 10.0. The molecule has 1 aromatic rings. The minimum absolute atomic E-state index is 0.0271. The van der Waals surface area contributed by atoms with E-state index in [1.807, 2.05) is 13.8 Å². The Morgan fingerprint density at radius 2 is 1.85 bits per heavy atom. The van der Waals surface area contributed by atoms with E-state index >= 15 is 0 Å². The van der Waals surface area contributed by atoms with Gasteiger partial charge in [-0.1, -0.05) is 6.07 Å². The minimum atomic E-state index is -0.935. The van der Waals surface area contributed by atoms with E-state index in [9.17, 15) is 9.59 Å². The number of nitrogens with one attached hydrogen (secondary N) is 1. The van der Waals surface area contributed by atoms with Crippen molar-refractivity contribution < 1.29 is 19.4 Å². The maximum Gasteiger partial charge on any atom is 0.308 e. The quantitative estimate of drug-likeness (QED) is 0.838. The van der Waals surface area contributed by atoms with Crippen LogP contribution in [0.4, 0.5) is 0 Å². The molecule has 1 aromatic carbocycles. The van der Waals surface area contributed by atoms with Crippen LogP contribution in [0.5, 0.6) is 5.75 Å². The minimum Gasteiger partial charge on any atom is -0.491 e. The van der Waals surface area contributed by atoms with Gasteiger partial charge in [-0.15, -0.1) is 0 Å². The summed E-state index contributed by atoms with van der Waals surface area (Å²) in [5.74, 6) is -1.27. The Hall–Kier alpha value is -2.04. The average molecular weight is 279 g/mol. The molecule has 0 spiro atoms. The third-order valence-corrected chi connectivity index (χ3v) is 2.97. The van der Waals surface area contributed by atoms with E-state index in [1.165, 1.54) is 0 Å². The third kappa shape index (κ3) is 4.57. The third-order valence-electron chi connectivity index (χ3n) is 2.97. The highest BCUT2D eigenvalue weighted by atomic mass is 16.5. The number of rotatable bonds is 6. The topological polar surface area (TPSA) is 75.6 Å². The van der Waals surface area contributed by atoms with E-state index in [1.54, 1.807) is 38.1 Å². The van der Waals surface area contributed by atoms with E-state index < -0.39 is 17.9 Å². The second-order valence-electron chi connectivity index (χ2n) is 5.08. The molecule has 0 aliphatic rings. The normalized spacial score (nSPS) is 13.7. The van der Waals surface area contributed by atoms with Crippen molar-refractivity contribution in [3.05, 3.63) is 29.8 Å². The van der Waals surface area contributed by atoms with E-state index in [0.29, 0.717) is 11.3 Å². The van der Waals surface area contributed by atoms with Crippen LogP contribution in [-0.4, -0.2) is 29.1 Å². The zero-order chi connectivity index (χ0) is 15.3. The second kappa shape index (κ2) is 6.93. The highest BCUT2D eigenvalue weighted by molar-refractivity contribution is 5.95. The fourth-order valence-corrected chi connectivity index (χ4v) is 1.61. The van der Waals surface area contributed by atoms with Crippen molar-refractivity contribution >= 4 is 11.9 Å². The Bertz CT molecular complexity index is 485. The summed E-state index contributed by atoms with van der Waals surface area (Å²) in [6.45, 7) is 7.05. The van der Waals surface area contributed by atoms with E-state index in [0.717, 1.165) is 0 Å². The average Bonchev–Trinajstić information content (AvgIpc) is 2.37. The van der Waals surface area contributed by atoms with Crippen LogP contribution in [0.2, 0.25) is 0 Å². The highest BCUT2D eigenvalue weighted by Gasteiger charge is 2.21. The van der Waals surface area contributed by atoms with Gasteiger partial charge >= 0.3 is 5.97 Å². The Balaban J connectivity index is 2.75. The predicted molar refractivity (Wildman–Crippen MR) is 75.9 cm³/mol. The van der Waals surface area contributed by atoms with Crippen molar-refractivity contribution in [2.24, 2.45) is 5.92 Å². The molecule has 20 heavy (non-hydrogen) atoms. The number of ether oxygens (including phenoxy) is 1. The monoisotopic (exact) mass is 279 g/mol. The highest BCUT2D eigenvalue weighted by Crippen LogP contribution is 2.15. The van der Waals surface area contributed by atoms with Crippen LogP contribution < -0.4 is 10.1 Å². The molecule has 1 amide bonds. The first kappa shape index (κ1) is 16.0. The molecule has 2 unspecified atom stereocenters. The first-order valence-electron chi connectivity index (χ1n) is 6.61. The number of hydrogen-bond donors (Lipinski definition) is 2. The SMILES string of the molecule is CC(C)Oc1cccc(C(=O)NC(C)C(C)C(=O)O)c1. The lowest BCUT2D eigenvalue weighted by molar-refractivity contribution is -0.141. The van der Waals surface area contributed by atoms with Gasteiger partial charge in [-0.05, 0) is 45.9 Å². The molecule has 0 aromatic heterocycles. The number of carboxylic acids is 1. The lowest BCUT2D eigenvalue weighted by Crippen LogP contribution is -2.40. The van der Waals surface area contributed by atoms with Gasteiger partial charge in [0.2, 0.25) is 0 Å². The molecule has 2 atom stereocenters. The first-order chi connectivity index (χ1) is 9.31. The molecule has 0 bridgehead atoms. The largest absolute Gasteiger partial charge is 0.491 e. The molecule has 0 radical (unpaired) electrons. The number of aliphatic carboxylic acids is 1. The lowest BCUT2D eigenvalue weighted by Gasteiger charge is -2.18. The summed E-state index contributed by atoms with van der Waals surface area (Å²) in [6, 6.07) is 6.38. The smallest absolute Gasteiger partial charge is 0.308 e. The predicted octanol–water partition coefficient (Wildman–Crippen LogP) is 2.31. The number of amides is 1. The van der Waals surface area contributed by atoms with Crippen molar-refractivity contribution in [2.75, 3.05) is 0 Å². The Kier molecular flexibility index (Phi) is 5.55. The molecule has 0 heterocycles. The van der Waals surface area contributed by atoms with Crippen LogP contribution in [0.3, 0.4) is 0 Å². The van der Waals surface area contributed by atoms with Gasteiger partial charge in [0.15, 0.2) is 0 Å². The molecule has 1 rings (SSSR count). The van der Waals surface area contributed by atoms with E-state index in [-0.39, 0.29) is 12.0 Å². The second-order valence-corrected chi connectivity index (χ2v) is 5.08. The van der Waals surface area contributed by atoms with Gasteiger partial charge < -0.3 is 15.2 Å². The van der Waals surface area contributed by atoms with Crippen molar-refractivity contribution in [1.82, 2.24) is 5.32 Å². The molecule has 0 aliphatic carbocycles. The summed E-state index contributed by atoms with van der Waals surface area (Å²) in [7, 11) is 0. The molecule has 0 fully saturated rings. The van der Waals surface area contributed by atoms with Gasteiger partial charge in [0.1, 0.15) is 5.75 Å². The van der Waals surface area contributed by atoms with E-state index in [4.69, 9.17) is 9.84 Å². The molecule has 5 nitrogen and oxygen atoms in total. The van der Waals surface area contributed by atoms with Gasteiger partial charge in [0.25, 0.3) is 5.91 Å². The Morgan fingerprint density at radius 1 is 1.20 bits per heavy atom. The van der Waals surface area contributed by atoms with Gasteiger partial charge in [-0.25, -0.2) is 0 Å². The maximum atomic E-state index is 12.1. The molecule has 110 valence electrons. The zero-order valence-corrected chi connectivity index (χ0v) is 12.2. The molecule has 0 saturated heterocycles. The molecule has 0 saturated carbocycles. The van der Waals surface area contributed by atoms with Crippen LogP contribution in [0.25, 0.3) is 0 Å². The van der Waals surface area contributed by atoms with E-state index in [2.05, 4.69) is 5.32 Å². The van der Waals surface area contributed by atoms with Crippen LogP contribution in [0.15, 0.2) is 24.3 Å². The standard InChI is InChI=1S/C15H21NO4/c1-9(2)20-13-7-5-6-12(8-13)14(17)16-11(4)10(3)15(18)19/h5-11H,1-4H3,(H,16,17)(H,18,19).